The van der Waals surface area contributed by atoms with Gasteiger partial charge in [-0.05, 0) is 99.7 Å². The molecule has 3 rings (SSSR count). The number of rotatable bonds is 11. The molecule has 0 bridgehead atoms. The second-order valence-electron chi connectivity index (χ2n) is 10.2. The Morgan fingerprint density at radius 2 is 1.49 bits per heavy atom. The Kier molecular flexibility index (Phi) is 10.9. The standard InChI is InChI=1S/C28H42N2O5/c1-4-27(31)34-18-23-8-6-21(7-9-23)16-29-25-14-5-20(2)26(15-25)30-28(32)35-19-24-12-10-22(11-13-24)17-33-3/h4-5,14-15,21-24,29H,1,6-13,16-19H2,2-3H3,(H,30,32). The summed E-state index contributed by atoms with van der Waals surface area (Å²) in [6.45, 7) is 8.09. The topological polar surface area (TPSA) is 85.9 Å². The van der Waals surface area contributed by atoms with Gasteiger partial charge in [0.2, 0.25) is 0 Å². The molecule has 1 aromatic carbocycles. The smallest absolute Gasteiger partial charge is 0.411 e. The van der Waals surface area contributed by atoms with Crippen molar-refractivity contribution < 1.29 is 23.8 Å². The minimum absolute atomic E-state index is 0.341. The minimum Gasteiger partial charge on any atom is -0.462 e. The zero-order valence-corrected chi connectivity index (χ0v) is 21.4. The molecule has 0 atom stereocenters. The summed E-state index contributed by atoms with van der Waals surface area (Å²) in [6.07, 6.45) is 9.63. The monoisotopic (exact) mass is 486 g/mol. The van der Waals surface area contributed by atoms with Crippen molar-refractivity contribution in [2.45, 2.75) is 58.3 Å². The van der Waals surface area contributed by atoms with Gasteiger partial charge in [0.15, 0.2) is 0 Å². The molecule has 2 aliphatic carbocycles. The van der Waals surface area contributed by atoms with Crippen LogP contribution in [0.5, 0.6) is 0 Å². The highest BCUT2D eigenvalue weighted by Crippen LogP contribution is 2.31. The van der Waals surface area contributed by atoms with E-state index < -0.39 is 0 Å². The SMILES string of the molecule is C=CC(=O)OCC1CCC(CNc2ccc(C)c(NC(=O)OCC3CCC(COC)CC3)c2)CC1. The molecule has 2 aliphatic rings. The number of amides is 1. The Balaban J connectivity index is 1.37. The van der Waals surface area contributed by atoms with Crippen LogP contribution in [0.1, 0.15) is 56.9 Å². The maximum absolute atomic E-state index is 12.4. The highest BCUT2D eigenvalue weighted by Gasteiger charge is 2.23. The minimum atomic E-state index is -0.389. The van der Waals surface area contributed by atoms with Crippen molar-refractivity contribution >= 4 is 23.4 Å². The zero-order chi connectivity index (χ0) is 25.0. The molecule has 0 aromatic heterocycles. The van der Waals surface area contributed by atoms with E-state index in [0.717, 1.165) is 81.5 Å². The van der Waals surface area contributed by atoms with Crippen LogP contribution >= 0.6 is 0 Å². The van der Waals surface area contributed by atoms with Crippen LogP contribution in [0.3, 0.4) is 0 Å². The Hall–Kier alpha value is -2.54. The van der Waals surface area contributed by atoms with Crippen molar-refractivity contribution in [1.82, 2.24) is 0 Å². The zero-order valence-electron chi connectivity index (χ0n) is 21.4. The van der Waals surface area contributed by atoms with Gasteiger partial charge in [0.1, 0.15) is 0 Å². The average molecular weight is 487 g/mol. The Morgan fingerprint density at radius 1 is 0.914 bits per heavy atom. The molecular formula is C28H42N2O5. The van der Waals surface area contributed by atoms with Gasteiger partial charge in [-0.15, -0.1) is 0 Å². The van der Waals surface area contributed by atoms with E-state index in [-0.39, 0.29) is 12.1 Å². The van der Waals surface area contributed by atoms with Crippen LogP contribution < -0.4 is 10.6 Å². The van der Waals surface area contributed by atoms with Crippen LogP contribution in [0.15, 0.2) is 30.9 Å². The molecule has 194 valence electrons. The molecular weight excluding hydrogens is 444 g/mol. The van der Waals surface area contributed by atoms with E-state index in [2.05, 4.69) is 17.2 Å². The third-order valence-electron chi connectivity index (χ3n) is 7.48. The maximum atomic E-state index is 12.4. The van der Waals surface area contributed by atoms with E-state index in [0.29, 0.717) is 36.9 Å². The van der Waals surface area contributed by atoms with E-state index in [4.69, 9.17) is 14.2 Å². The molecule has 0 unspecified atom stereocenters. The van der Waals surface area contributed by atoms with Gasteiger partial charge in [-0.3, -0.25) is 5.32 Å². The molecule has 0 radical (unpaired) electrons. The molecule has 35 heavy (non-hydrogen) atoms. The first kappa shape index (κ1) is 27.1. The highest BCUT2D eigenvalue weighted by atomic mass is 16.5. The lowest BCUT2D eigenvalue weighted by Gasteiger charge is -2.28. The molecule has 7 heteroatoms. The van der Waals surface area contributed by atoms with E-state index in [1.807, 2.05) is 25.1 Å². The Labute approximate surface area is 210 Å². The molecule has 2 fully saturated rings. The third kappa shape index (κ3) is 9.21. The Morgan fingerprint density at radius 3 is 2.09 bits per heavy atom. The first-order valence-corrected chi connectivity index (χ1v) is 13.0. The van der Waals surface area contributed by atoms with Gasteiger partial charge < -0.3 is 19.5 Å². The fraction of sp³-hybridized carbons (Fsp3) is 0.643. The molecule has 0 heterocycles. The van der Waals surface area contributed by atoms with Gasteiger partial charge in [0.25, 0.3) is 0 Å². The van der Waals surface area contributed by atoms with E-state index >= 15 is 0 Å². The van der Waals surface area contributed by atoms with Gasteiger partial charge >= 0.3 is 12.1 Å². The second kappa shape index (κ2) is 14.1. The number of benzene rings is 1. The molecule has 0 aliphatic heterocycles. The number of aryl methyl sites for hydroxylation is 1. The van der Waals surface area contributed by atoms with Crippen molar-refractivity contribution in [1.29, 1.82) is 0 Å². The molecule has 1 amide bonds. The van der Waals surface area contributed by atoms with Gasteiger partial charge in [-0.2, -0.15) is 0 Å². The van der Waals surface area contributed by atoms with Crippen molar-refractivity contribution in [3.63, 3.8) is 0 Å². The summed E-state index contributed by atoms with van der Waals surface area (Å²) < 4.78 is 16.0. The van der Waals surface area contributed by atoms with Crippen molar-refractivity contribution in [2.75, 3.05) is 44.1 Å². The lowest BCUT2D eigenvalue weighted by molar-refractivity contribution is -0.139. The van der Waals surface area contributed by atoms with Crippen molar-refractivity contribution in [2.24, 2.45) is 23.7 Å². The summed E-state index contributed by atoms with van der Waals surface area (Å²) in [4.78, 5) is 23.7. The van der Waals surface area contributed by atoms with Gasteiger partial charge in [0, 0.05) is 37.7 Å². The number of anilines is 2. The van der Waals surface area contributed by atoms with E-state index in [9.17, 15) is 9.59 Å². The second-order valence-corrected chi connectivity index (χ2v) is 10.2. The normalized spacial score (nSPS) is 24.3. The number of ether oxygens (including phenoxy) is 3. The van der Waals surface area contributed by atoms with Gasteiger partial charge in [-0.1, -0.05) is 12.6 Å². The van der Waals surface area contributed by atoms with E-state index in [1.165, 1.54) is 6.08 Å². The first-order valence-electron chi connectivity index (χ1n) is 13.0. The summed E-state index contributed by atoms with van der Waals surface area (Å²) in [5, 5.41) is 6.45. The number of hydrogen-bond donors (Lipinski definition) is 2. The molecule has 2 N–H and O–H groups in total. The number of esters is 1. The average Bonchev–Trinajstić information content (AvgIpc) is 2.88. The van der Waals surface area contributed by atoms with Crippen LogP contribution in [0.2, 0.25) is 0 Å². The number of methoxy groups -OCH3 is 1. The van der Waals surface area contributed by atoms with Crippen LogP contribution in [-0.2, 0) is 19.0 Å². The van der Waals surface area contributed by atoms with Crippen LogP contribution in [-0.4, -0.2) is 45.5 Å². The number of carbonyl (C=O) groups excluding carboxylic acids is 2. The maximum Gasteiger partial charge on any atom is 0.411 e. The Bertz CT molecular complexity index is 827. The van der Waals surface area contributed by atoms with Crippen LogP contribution in [0, 0.1) is 30.6 Å². The predicted molar refractivity (Wildman–Crippen MR) is 139 cm³/mol. The van der Waals surface area contributed by atoms with E-state index in [1.54, 1.807) is 7.11 Å². The highest BCUT2D eigenvalue weighted by molar-refractivity contribution is 5.86. The first-order chi connectivity index (χ1) is 17.0. The molecule has 7 nitrogen and oxygen atoms in total. The number of nitrogens with one attached hydrogen (secondary N) is 2. The lowest BCUT2D eigenvalue weighted by Crippen LogP contribution is -2.24. The fourth-order valence-electron chi connectivity index (χ4n) is 5.13. The van der Waals surface area contributed by atoms with Gasteiger partial charge in [-0.25, -0.2) is 9.59 Å². The van der Waals surface area contributed by atoms with Crippen molar-refractivity contribution in [3.8, 4) is 0 Å². The number of carbonyl (C=O) groups is 2. The fourth-order valence-corrected chi connectivity index (χ4v) is 5.13. The summed E-state index contributed by atoms with van der Waals surface area (Å²) in [5.41, 5.74) is 2.77. The van der Waals surface area contributed by atoms with Crippen LogP contribution in [0.25, 0.3) is 0 Å². The molecule has 0 saturated heterocycles. The predicted octanol–water partition coefficient (Wildman–Crippen LogP) is 5.94. The van der Waals surface area contributed by atoms with Crippen molar-refractivity contribution in [3.05, 3.63) is 36.4 Å². The quantitative estimate of drug-likeness (QED) is 0.297. The number of hydrogen-bond acceptors (Lipinski definition) is 6. The lowest BCUT2D eigenvalue weighted by atomic mass is 9.82. The summed E-state index contributed by atoms with van der Waals surface area (Å²) in [7, 11) is 1.75. The summed E-state index contributed by atoms with van der Waals surface area (Å²) in [5.74, 6) is 1.76. The van der Waals surface area contributed by atoms with Gasteiger partial charge in [0.05, 0.1) is 13.2 Å². The summed E-state index contributed by atoms with van der Waals surface area (Å²) >= 11 is 0. The summed E-state index contributed by atoms with van der Waals surface area (Å²) in [6, 6.07) is 6.04. The molecule has 0 spiro atoms. The third-order valence-corrected chi connectivity index (χ3v) is 7.48. The largest absolute Gasteiger partial charge is 0.462 e. The van der Waals surface area contributed by atoms with Crippen LogP contribution in [0.4, 0.5) is 16.2 Å². The molecule has 1 aromatic rings. The molecule has 2 saturated carbocycles.